The van der Waals surface area contributed by atoms with Gasteiger partial charge >= 0.3 is 172 Å². The zero-order valence-corrected chi connectivity index (χ0v) is 47.4. The van der Waals surface area contributed by atoms with Crippen LogP contribution in [0.5, 0.6) is 0 Å². The first-order chi connectivity index (χ1) is 30.8. The van der Waals surface area contributed by atoms with Gasteiger partial charge in [0, 0.05) is 13.2 Å². The van der Waals surface area contributed by atoms with Crippen LogP contribution in [0.3, 0.4) is 0 Å². The molecule has 62 heavy (non-hydrogen) atoms. The number of hydrogen-bond acceptors (Lipinski definition) is 1. The molecule has 0 spiro atoms. The van der Waals surface area contributed by atoms with Crippen LogP contribution in [0.2, 0.25) is 8.87 Å². The first kappa shape index (κ1) is 64.8. The second-order valence-electron chi connectivity index (χ2n) is 20.3. The molecule has 0 aliphatic heterocycles. The molecular formula is C60H124OSn. The summed E-state index contributed by atoms with van der Waals surface area (Å²) in [5, 5.41) is 0. The molecular weight excluding hydrogens is 855 g/mol. The van der Waals surface area contributed by atoms with Crippen LogP contribution in [-0.2, 0) is 4.74 Å². The Hall–Kier alpha value is 0.759. The molecule has 0 saturated carbocycles. The maximum absolute atomic E-state index is 5.87. The Balaban J connectivity index is 0. The fourth-order valence-corrected chi connectivity index (χ4v) is 12.8. The second-order valence-corrected chi connectivity index (χ2v) is 24.6. The van der Waals surface area contributed by atoms with Crippen molar-refractivity contribution in [3.05, 3.63) is 0 Å². The van der Waals surface area contributed by atoms with E-state index in [0.29, 0.717) is 0 Å². The van der Waals surface area contributed by atoms with Gasteiger partial charge in [-0.05, 0) is 12.8 Å². The van der Waals surface area contributed by atoms with Gasteiger partial charge in [-0.2, -0.15) is 0 Å². The molecule has 0 heterocycles. The molecule has 0 aromatic heterocycles. The molecule has 0 atom stereocenters. The van der Waals surface area contributed by atoms with Gasteiger partial charge in [0.25, 0.3) is 0 Å². The summed E-state index contributed by atoms with van der Waals surface area (Å²) in [4.78, 5) is 0. The zero-order valence-electron chi connectivity index (χ0n) is 44.5. The van der Waals surface area contributed by atoms with Crippen LogP contribution in [0.15, 0.2) is 0 Å². The van der Waals surface area contributed by atoms with Gasteiger partial charge in [-0.15, -0.1) is 0 Å². The molecule has 1 nitrogen and oxygen atoms in total. The zero-order chi connectivity index (χ0) is 45.0. The Kier molecular flexibility index (Phi) is 69.1. The van der Waals surface area contributed by atoms with E-state index in [1.54, 1.807) is 21.7 Å². The summed E-state index contributed by atoms with van der Waals surface area (Å²) in [6, 6.07) is 0. The van der Waals surface area contributed by atoms with Crippen molar-refractivity contribution in [3.63, 3.8) is 0 Å². The van der Waals surface area contributed by atoms with Crippen molar-refractivity contribution in [2.45, 2.75) is 370 Å². The molecule has 0 amide bonds. The Morgan fingerprint density at radius 3 is 0.500 bits per heavy atom. The first-order valence-corrected chi connectivity index (χ1v) is 34.1. The molecule has 0 fully saturated rings. The average Bonchev–Trinajstić information content (AvgIpc) is 3.28. The van der Waals surface area contributed by atoms with E-state index < -0.39 is 0 Å². The molecule has 2 radical (unpaired) electrons. The third kappa shape index (κ3) is 67.4. The predicted octanol–water partition coefficient (Wildman–Crippen LogP) is 22.9. The second kappa shape index (κ2) is 66.0. The van der Waals surface area contributed by atoms with E-state index in [9.17, 15) is 0 Å². The van der Waals surface area contributed by atoms with Crippen LogP contribution in [0.1, 0.15) is 362 Å². The van der Waals surface area contributed by atoms with Crippen LogP contribution < -0.4 is 0 Å². The van der Waals surface area contributed by atoms with Gasteiger partial charge in [0.2, 0.25) is 0 Å². The van der Waals surface area contributed by atoms with Gasteiger partial charge in [0.1, 0.15) is 0 Å². The van der Waals surface area contributed by atoms with Crippen molar-refractivity contribution in [1.29, 1.82) is 0 Å². The minimum absolute atomic E-state index is 0.0377. The predicted molar refractivity (Wildman–Crippen MR) is 289 cm³/mol. The Bertz CT molecular complexity index is 638. The Morgan fingerprint density at radius 1 is 0.177 bits per heavy atom. The average molecular weight is 980 g/mol. The van der Waals surface area contributed by atoms with Crippen LogP contribution >= 0.6 is 0 Å². The molecule has 0 aromatic carbocycles. The third-order valence-corrected chi connectivity index (χ3v) is 17.7. The van der Waals surface area contributed by atoms with E-state index in [0.717, 1.165) is 13.2 Å². The van der Waals surface area contributed by atoms with Gasteiger partial charge in [0.15, 0.2) is 0 Å². The quantitative estimate of drug-likeness (QED) is 0.0436. The normalized spacial score (nSPS) is 11.4. The molecule has 0 bridgehead atoms. The van der Waals surface area contributed by atoms with Gasteiger partial charge in [0.05, 0.1) is 0 Å². The van der Waals surface area contributed by atoms with Crippen LogP contribution in [0, 0.1) is 0 Å². The van der Waals surface area contributed by atoms with Crippen molar-refractivity contribution in [2.24, 2.45) is 0 Å². The molecule has 0 unspecified atom stereocenters. The summed E-state index contributed by atoms with van der Waals surface area (Å²) in [5.41, 5.74) is 0. The summed E-state index contributed by atoms with van der Waals surface area (Å²) in [7, 11) is 0. The summed E-state index contributed by atoms with van der Waals surface area (Å²) in [6.07, 6.45) is 75.9. The molecule has 2 heteroatoms. The number of rotatable bonds is 56. The van der Waals surface area contributed by atoms with Crippen molar-refractivity contribution in [2.75, 3.05) is 13.2 Å². The van der Waals surface area contributed by atoms with Gasteiger partial charge < -0.3 is 4.74 Å². The van der Waals surface area contributed by atoms with Gasteiger partial charge in [-0.25, -0.2) is 0 Å². The molecule has 0 aliphatic rings. The number of hydrogen-bond donors (Lipinski definition) is 0. The Labute approximate surface area is 407 Å². The van der Waals surface area contributed by atoms with Crippen molar-refractivity contribution < 1.29 is 4.74 Å². The van der Waals surface area contributed by atoms with Crippen LogP contribution in [0.25, 0.3) is 0 Å². The van der Waals surface area contributed by atoms with Crippen LogP contribution in [-0.4, -0.2) is 34.4 Å². The molecule has 0 rings (SSSR count). The SMILES string of the molecule is CCCCCCCCCCCCCCCCCCOCCCCCCCCCCCCCCCCCC.CCCCCCCCCCC[CH2][Sn][CH2]CCCCCCCCCCC. The summed E-state index contributed by atoms with van der Waals surface area (Å²) in [6.45, 7) is 11.2. The minimum atomic E-state index is 0.0377. The summed E-state index contributed by atoms with van der Waals surface area (Å²) < 4.78 is 9.20. The fraction of sp³-hybridized carbons (Fsp3) is 1.00. The standard InChI is InChI=1S/C36H74O.2C12H25.Sn/c1-3-5-7-9-11-13-15-17-19-21-23-25-27-29-31-33-35-37-36-34-32-30-28-26-24-22-20-18-16-14-12-10-8-6-4-2;2*1-3-5-7-9-11-12-10-8-6-4-2;/h3-36H2,1-2H3;2*1,3-12H2,2H3;. The van der Waals surface area contributed by atoms with Gasteiger partial charge in [-0.3, -0.25) is 0 Å². The number of ether oxygens (including phenoxy) is 1. The van der Waals surface area contributed by atoms with E-state index in [-0.39, 0.29) is 21.1 Å². The van der Waals surface area contributed by atoms with Crippen molar-refractivity contribution in [1.82, 2.24) is 0 Å². The first-order valence-electron chi connectivity index (χ1n) is 30.1. The van der Waals surface area contributed by atoms with E-state index in [4.69, 9.17) is 4.74 Å². The van der Waals surface area contributed by atoms with Gasteiger partial charge in [-0.1, -0.05) is 206 Å². The fourth-order valence-electron chi connectivity index (χ4n) is 9.21. The van der Waals surface area contributed by atoms with Crippen molar-refractivity contribution in [3.8, 4) is 0 Å². The number of unbranched alkanes of at least 4 members (excludes halogenated alkanes) is 48. The van der Waals surface area contributed by atoms with E-state index >= 15 is 0 Å². The van der Waals surface area contributed by atoms with E-state index in [1.165, 1.54) is 321 Å². The van der Waals surface area contributed by atoms with Crippen LogP contribution in [0.4, 0.5) is 0 Å². The Morgan fingerprint density at radius 2 is 0.323 bits per heavy atom. The molecule has 0 saturated heterocycles. The third-order valence-electron chi connectivity index (χ3n) is 13.7. The monoisotopic (exact) mass is 981 g/mol. The summed E-state index contributed by atoms with van der Waals surface area (Å²) >= 11 is 0.0377. The topological polar surface area (TPSA) is 9.23 Å². The summed E-state index contributed by atoms with van der Waals surface area (Å²) in [5.74, 6) is 0. The van der Waals surface area contributed by atoms with E-state index in [1.807, 2.05) is 0 Å². The molecule has 0 N–H and O–H groups in total. The van der Waals surface area contributed by atoms with Crippen molar-refractivity contribution >= 4 is 21.1 Å². The molecule has 374 valence electrons. The molecule has 0 aliphatic carbocycles. The maximum atomic E-state index is 5.87. The molecule has 0 aromatic rings. The van der Waals surface area contributed by atoms with E-state index in [2.05, 4.69) is 27.7 Å².